The maximum absolute atomic E-state index is 12.9. The molecule has 2 rings (SSSR count). The topological polar surface area (TPSA) is 60.4 Å². The minimum atomic E-state index is -1.34. The summed E-state index contributed by atoms with van der Waals surface area (Å²) in [7, 11) is 0. The van der Waals surface area contributed by atoms with Crippen LogP contribution in [-0.2, 0) is 9.59 Å². The number of aliphatic carboxylic acids is 1. The summed E-state index contributed by atoms with van der Waals surface area (Å²) in [5.74, 6) is -2.52. The third kappa shape index (κ3) is 3.36. The molecule has 116 valence electrons. The fourth-order valence-corrected chi connectivity index (χ4v) is 3.44. The Bertz CT molecular complexity index is 655. The summed E-state index contributed by atoms with van der Waals surface area (Å²) in [5.41, 5.74) is 0.636. The highest BCUT2D eigenvalue weighted by Crippen LogP contribution is 2.35. The number of amides is 1. The van der Waals surface area contributed by atoms with Crippen LogP contribution >= 0.6 is 24.0 Å². The van der Waals surface area contributed by atoms with Crippen molar-refractivity contribution < 1.29 is 19.1 Å². The van der Waals surface area contributed by atoms with Crippen LogP contribution < -0.4 is 5.11 Å². The van der Waals surface area contributed by atoms with E-state index in [1.807, 2.05) is 0 Å². The fraction of sp³-hybridized carbons (Fsp3) is 0.267. The number of carbonyl (C=O) groups is 2. The van der Waals surface area contributed by atoms with Gasteiger partial charge in [-0.25, -0.2) is 4.39 Å². The van der Waals surface area contributed by atoms with Gasteiger partial charge in [0.1, 0.15) is 10.1 Å². The van der Waals surface area contributed by atoms with Crippen LogP contribution in [0.5, 0.6) is 0 Å². The van der Waals surface area contributed by atoms with Crippen molar-refractivity contribution in [3.8, 4) is 0 Å². The van der Waals surface area contributed by atoms with E-state index < -0.39 is 17.9 Å². The number of hydrogen-bond donors (Lipinski definition) is 0. The molecule has 1 aromatic rings. The molecule has 1 saturated heterocycles. The van der Waals surface area contributed by atoms with Gasteiger partial charge in [0.05, 0.1) is 16.9 Å². The number of thioether (sulfide) groups is 1. The lowest BCUT2D eigenvalue weighted by atomic mass is 10.0. The Balaban J connectivity index is 2.32. The normalized spacial score (nSPS) is 18.4. The predicted octanol–water partition coefficient (Wildman–Crippen LogP) is 1.80. The van der Waals surface area contributed by atoms with Gasteiger partial charge >= 0.3 is 0 Å². The molecule has 1 atom stereocenters. The quantitative estimate of drug-likeness (QED) is 0.619. The lowest BCUT2D eigenvalue weighted by molar-refractivity contribution is -0.311. The summed E-state index contributed by atoms with van der Waals surface area (Å²) in [6.45, 7) is 3.37. The molecule has 1 fully saturated rings. The number of carboxylic acids is 1. The Labute approximate surface area is 137 Å². The molecular weight excluding hydrogens is 325 g/mol. The largest absolute Gasteiger partial charge is 0.548 e. The number of benzene rings is 1. The number of nitrogens with zero attached hydrogens (tertiary/aromatic N) is 1. The number of carbonyl (C=O) groups excluding carboxylic acids is 2. The standard InChI is InChI=1S/C15H14FNO3S2/c1-8(2)12(14(19)20)17-13(18)11(22-15(17)21)7-9-3-5-10(16)6-4-9/h3-8,12H,1-2H3,(H,19,20)/p-1. The van der Waals surface area contributed by atoms with Crippen molar-refractivity contribution >= 4 is 46.3 Å². The van der Waals surface area contributed by atoms with Crippen molar-refractivity contribution in [3.63, 3.8) is 0 Å². The van der Waals surface area contributed by atoms with Crippen LogP contribution in [0.2, 0.25) is 0 Å². The SMILES string of the molecule is CC(C)C(C(=O)[O-])N1C(=O)C(=Cc2ccc(F)cc2)SC1=S. The molecule has 0 N–H and O–H groups in total. The average Bonchev–Trinajstić information content (AvgIpc) is 2.69. The summed E-state index contributed by atoms with van der Waals surface area (Å²) in [4.78, 5) is 25.1. The molecule has 1 aliphatic heterocycles. The molecule has 0 spiro atoms. The summed E-state index contributed by atoms with van der Waals surface area (Å²) in [6, 6.07) is 4.52. The van der Waals surface area contributed by atoms with Crippen molar-refractivity contribution in [2.45, 2.75) is 19.9 Å². The van der Waals surface area contributed by atoms with E-state index in [1.54, 1.807) is 19.9 Å². The molecule has 1 unspecified atom stereocenters. The Morgan fingerprint density at radius 1 is 1.36 bits per heavy atom. The van der Waals surface area contributed by atoms with E-state index in [0.717, 1.165) is 16.7 Å². The first kappa shape index (κ1) is 16.6. The molecule has 0 aromatic heterocycles. The van der Waals surface area contributed by atoms with Crippen molar-refractivity contribution in [2.24, 2.45) is 5.92 Å². The number of halogens is 1. The molecule has 1 amide bonds. The van der Waals surface area contributed by atoms with Crippen molar-refractivity contribution in [3.05, 3.63) is 40.6 Å². The molecule has 22 heavy (non-hydrogen) atoms. The van der Waals surface area contributed by atoms with Crippen LogP contribution in [-0.4, -0.2) is 27.1 Å². The maximum Gasteiger partial charge on any atom is 0.266 e. The molecular formula is C15H13FNO3S2-. The molecule has 7 heteroatoms. The molecule has 1 aromatic carbocycles. The van der Waals surface area contributed by atoms with Crippen LogP contribution in [0.25, 0.3) is 6.08 Å². The number of thiocarbonyl (C=S) groups is 1. The van der Waals surface area contributed by atoms with Crippen LogP contribution in [0.15, 0.2) is 29.2 Å². The van der Waals surface area contributed by atoms with Gasteiger partial charge in [-0.2, -0.15) is 0 Å². The smallest absolute Gasteiger partial charge is 0.266 e. The van der Waals surface area contributed by atoms with Gasteiger partial charge in [-0.3, -0.25) is 9.69 Å². The molecule has 1 aliphatic rings. The van der Waals surface area contributed by atoms with Gasteiger partial charge < -0.3 is 9.90 Å². The maximum atomic E-state index is 12.9. The van der Waals surface area contributed by atoms with E-state index in [1.165, 1.54) is 24.3 Å². The lowest BCUT2D eigenvalue weighted by Gasteiger charge is -2.30. The van der Waals surface area contributed by atoms with E-state index >= 15 is 0 Å². The van der Waals surface area contributed by atoms with Crippen LogP contribution in [0, 0.1) is 11.7 Å². The molecule has 4 nitrogen and oxygen atoms in total. The van der Waals surface area contributed by atoms with Crippen LogP contribution in [0.3, 0.4) is 0 Å². The van der Waals surface area contributed by atoms with Crippen molar-refractivity contribution in [2.75, 3.05) is 0 Å². The first-order valence-electron chi connectivity index (χ1n) is 6.54. The van der Waals surface area contributed by atoms with E-state index in [-0.39, 0.29) is 16.1 Å². The fourth-order valence-electron chi connectivity index (χ4n) is 2.11. The number of hydrogen-bond acceptors (Lipinski definition) is 5. The Morgan fingerprint density at radius 2 is 1.95 bits per heavy atom. The van der Waals surface area contributed by atoms with Gasteiger partial charge in [0, 0.05) is 0 Å². The van der Waals surface area contributed by atoms with Gasteiger partial charge in [0.15, 0.2) is 0 Å². The van der Waals surface area contributed by atoms with Gasteiger partial charge in [-0.1, -0.05) is 50.0 Å². The second-order valence-electron chi connectivity index (χ2n) is 5.11. The Hall–Kier alpha value is -1.73. The predicted molar refractivity (Wildman–Crippen MR) is 85.0 cm³/mol. The summed E-state index contributed by atoms with van der Waals surface area (Å²) >= 11 is 6.15. The summed E-state index contributed by atoms with van der Waals surface area (Å²) in [6.07, 6.45) is 1.56. The van der Waals surface area contributed by atoms with Crippen LogP contribution in [0.4, 0.5) is 4.39 Å². The molecule has 0 bridgehead atoms. The molecule has 0 radical (unpaired) electrons. The first-order valence-corrected chi connectivity index (χ1v) is 7.77. The first-order chi connectivity index (χ1) is 10.3. The highest BCUT2D eigenvalue weighted by molar-refractivity contribution is 8.26. The van der Waals surface area contributed by atoms with E-state index in [9.17, 15) is 19.1 Å². The van der Waals surface area contributed by atoms with Gasteiger partial charge in [-0.05, 0) is 29.7 Å². The summed E-state index contributed by atoms with van der Waals surface area (Å²) in [5, 5.41) is 11.3. The zero-order valence-corrected chi connectivity index (χ0v) is 13.5. The number of carboxylic acid groups (broad SMARTS) is 1. The zero-order chi connectivity index (χ0) is 16.4. The third-order valence-corrected chi connectivity index (χ3v) is 4.47. The Kier molecular flexibility index (Phi) is 4.97. The van der Waals surface area contributed by atoms with E-state index in [2.05, 4.69) is 0 Å². The van der Waals surface area contributed by atoms with Gasteiger partial charge in [0.25, 0.3) is 5.91 Å². The van der Waals surface area contributed by atoms with Crippen LogP contribution in [0.1, 0.15) is 19.4 Å². The minimum Gasteiger partial charge on any atom is -0.548 e. The highest BCUT2D eigenvalue weighted by Gasteiger charge is 2.38. The van der Waals surface area contributed by atoms with Gasteiger partial charge in [0.2, 0.25) is 0 Å². The van der Waals surface area contributed by atoms with E-state index in [0.29, 0.717) is 10.5 Å². The monoisotopic (exact) mass is 338 g/mol. The second-order valence-corrected chi connectivity index (χ2v) is 6.79. The molecule has 1 heterocycles. The van der Waals surface area contributed by atoms with Crippen molar-refractivity contribution in [1.29, 1.82) is 0 Å². The van der Waals surface area contributed by atoms with Gasteiger partial charge in [-0.15, -0.1) is 0 Å². The summed E-state index contributed by atoms with van der Waals surface area (Å²) < 4.78 is 13.1. The number of rotatable bonds is 4. The highest BCUT2D eigenvalue weighted by atomic mass is 32.2. The lowest BCUT2D eigenvalue weighted by Crippen LogP contribution is -2.52. The molecule has 0 aliphatic carbocycles. The second kappa shape index (κ2) is 6.58. The van der Waals surface area contributed by atoms with Crippen molar-refractivity contribution in [1.82, 2.24) is 4.90 Å². The minimum absolute atomic E-state index is 0.182. The third-order valence-electron chi connectivity index (χ3n) is 3.14. The van der Waals surface area contributed by atoms with E-state index in [4.69, 9.17) is 12.2 Å². The Morgan fingerprint density at radius 3 is 2.45 bits per heavy atom. The average molecular weight is 338 g/mol. The zero-order valence-electron chi connectivity index (χ0n) is 11.9. The molecule has 0 saturated carbocycles.